The Morgan fingerprint density at radius 1 is 1.00 bits per heavy atom. The maximum atomic E-state index is 13.9. The number of anilines is 1. The number of hydrogen-bond acceptors (Lipinski definition) is 4. The third-order valence-electron chi connectivity index (χ3n) is 5.11. The SMILES string of the molecule is O=C(Nc1c(F)cccc1F)c1cc2n(n1)-c1cc(-n3cnnc3)ccc1CCC2. The zero-order valence-corrected chi connectivity index (χ0v) is 15.7. The Morgan fingerprint density at radius 3 is 2.53 bits per heavy atom. The third-order valence-corrected chi connectivity index (χ3v) is 5.11. The molecule has 1 amide bonds. The number of fused-ring (bicyclic) bond motifs is 3. The molecule has 0 radical (unpaired) electrons. The normalized spacial score (nSPS) is 12.7. The highest BCUT2D eigenvalue weighted by Gasteiger charge is 2.22. The van der Waals surface area contributed by atoms with Crippen molar-refractivity contribution in [2.75, 3.05) is 5.32 Å². The van der Waals surface area contributed by atoms with Gasteiger partial charge in [0.05, 0.1) is 11.4 Å². The summed E-state index contributed by atoms with van der Waals surface area (Å²) in [5.41, 5.74) is 3.28. The van der Waals surface area contributed by atoms with Gasteiger partial charge in [0.25, 0.3) is 5.91 Å². The number of amides is 1. The van der Waals surface area contributed by atoms with Gasteiger partial charge in [-0.1, -0.05) is 12.1 Å². The largest absolute Gasteiger partial charge is 0.316 e. The first-order chi connectivity index (χ1) is 14.6. The number of aromatic nitrogens is 5. The highest BCUT2D eigenvalue weighted by atomic mass is 19.1. The maximum absolute atomic E-state index is 13.9. The molecular weight excluding hydrogens is 390 g/mol. The van der Waals surface area contributed by atoms with Crippen LogP contribution in [-0.2, 0) is 12.8 Å². The number of para-hydroxylation sites is 1. The monoisotopic (exact) mass is 406 g/mol. The van der Waals surface area contributed by atoms with Crippen LogP contribution < -0.4 is 5.32 Å². The van der Waals surface area contributed by atoms with Gasteiger partial charge in [-0.25, -0.2) is 13.5 Å². The first-order valence-electron chi connectivity index (χ1n) is 9.43. The molecule has 0 atom stereocenters. The van der Waals surface area contributed by atoms with E-state index < -0.39 is 23.2 Å². The number of halogens is 2. The Hall–Kier alpha value is -3.88. The van der Waals surface area contributed by atoms with E-state index in [9.17, 15) is 13.6 Å². The van der Waals surface area contributed by atoms with E-state index in [0.29, 0.717) is 0 Å². The first-order valence-corrected chi connectivity index (χ1v) is 9.43. The van der Waals surface area contributed by atoms with Gasteiger partial charge < -0.3 is 5.32 Å². The number of nitrogens with one attached hydrogen (secondary N) is 1. The zero-order chi connectivity index (χ0) is 20.7. The lowest BCUT2D eigenvalue weighted by Crippen LogP contribution is -2.15. The fraction of sp³-hybridized carbons (Fsp3) is 0.143. The number of carbonyl (C=O) groups excluding carboxylic acids is 1. The second-order valence-corrected chi connectivity index (χ2v) is 7.02. The summed E-state index contributed by atoms with van der Waals surface area (Å²) in [5, 5.41) is 14.4. The van der Waals surface area contributed by atoms with Crippen LogP contribution in [0.2, 0.25) is 0 Å². The Kier molecular flexibility index (Phi) is 4.35. The molecule has 2 aromatic heterocycles. The Bertz CT molecular complexity index is 1230. The Labute approximate surface area is 170 Å². The molecule has 0 fully saturated rings. The maximum Gasteiger partial charge on any atom is 0.276 e. The average Bonchev–Trinajstić information content (AvgIpc) is 3.39. The number of carbonyl (C=O) groups is 1. The minimum atomic E-state index is -0.840. The van der Waals surface area contributed by atoms with E-state index in [0.717, 1.165) is 54.0 Å². The predicted molar refractivity (Wildman–Crippen MR) is 105 cm³/mol. The molecule has 0 saturated heterocycles. The summed E-state index contributed by atoms with van der Waals surface area (Å²) in [6.45, 7) is 0. The minimum Gasteiger partial charge on any atom is -0.316 e. The summed E-state index contributed by atoms with van der Waals surface area (Å²) in [6, 6.07) is 11.0. The van der Waals surface area contributed by atoms with Crippen molar-refractivity contribution in [1.82, 2.24) is 24.5 Å². The van der Waals surface area contributed by atoms with E-state index in [4.69, 9.17) is 0 Å². The highest BCUT2D eigenvalue weighted by molar-refractivity contribution is 6.03. The second-order valence-electron chi connectivity index (χ2n) is 7.02. The molecular formula is C21H16F2N6O. The summed E-state index contributed by atoms with van der Waals surface area (Å²) in [5.74, 6) is -2.35. The van der Waals surface area contributed by atoms with Crippen LogP contribution in [-0.4, -0.2) is 30.5 Å². The molecule has 3 heterocycles. The van der Waals surface area contributed by atoms with Gasteiger partial charge >= 0.3 is 0 Å². The Morgan fingerprint density at radius 2 is 1.77 bits per heavy atom. The minimum absolute atomic E-state index is 0.0928. The molecule has 1 aliphatic heterocycles. The van der Waals surface area contributed by atoms with E-state index >= 15 is 0 Å². The van der Waals surface area contributed by atoms with Crippen LogP contribution >= 0.6 is 0 Å². The topological polar surface area (TPSA) is 77.6 Å². The van der Waals surface area contributed by atoms with Crippen molar-refractivity contribution >= 4 is 11.6 Å². The highest BCUT2D eigenvalue weighted by Crippen LogP contribution is 2.27. The van der Waals surface area contributed by atoms with Crippen LogP contribution in [0, 0.1) is 11.6 Å². The van der Waals surface area contributed by atoms with Crippen molar-refractivity contribution in [1.29, 1.82) is 0 Å². The third kappa shape index (κ3) is 3.14. The number of nitrogens with zero attached hydrogens (tertiary/aromatic N) is 5. The quantitative estimate of drug-likeness (QED) is 0.565. The summed E-state index contributed by atoms with van der Waals surface area (Å²) >= 11 is 0. The molecule has 5 rings (SSSR count). The summed E-state index contributed by atoms with van der Waals surface area (Å²) in [4.78, 5) is 12.6. The molecule has 150 valence electrons. The standard InChI is InChI=1S/C21H16F2N6O/c22-16-5-2-6-17(23)20(16)26-21(30)18-9-15-4-1-3-13-7-8-14(28-11-24-25-12-28)10-19(13)29(15)27-18/h2,5-12H,1,3-4H2,(H,26,30). The number of hydrogen-bond donors (Lipinski definition) is 1. The molecule has 1 N–H and O–H groups in total. The molecule has 0 unspecified atom stereocenters. The van der Waals surface area contributed by atoms with Gasteiger partial charge in [-0.3, -0.25) is 9.36 Å². The molecule has 30 heavy (non-hydrogen) atoms. The van der Waals surface area contributed by atoms with E-state index in [1.807, 2.05) is 18.2 Å². The lowest BCUT2D eigenvalue weighted by molar-refractivity contribution is 0.102. The lowest BCUT2D eigenvalue weighted by atomic mass is 10.1. The van der Waals surface area contributed by atoms with E-state index in [2.05, 4.69) is 20.6 Å². The van der Waals surface area contributed by atoms with Crippen molar-refractivity contribution in [3.8, 4) is 11.4 Å². The van der Waals surface area contributed by atoms with Gasteiger partial charge in [0, 0.05) is 5.69 Å². The fourth-order valence-corrected chi connectivity index (χ4v) is 3.63. The van der Waals surface area contributed by atoms with Gasteiger partial charge in [0.2, 0.25) is 0 Å². The van der Waals surface area contributed by atoms with Crippen LogP contribution in [0.4, 0.5) is 14.5 Å². The number of aryl methyl sites for hydroxylation is 2. The number of rotatable bonds is 3. The van der Waals surface area contributed by atoms with Crippen molar-refractivity contribution in [2.24, 2.45) is 0 Å². The zero-order valence-electron chi connectivity index (χ0n) is 15.7. The summed E-state index contributed by atoms with van der Waals surface area (Å²) in [7, 11) is 0. The van der Waals surface area contributed by atoms with Gasteiger partial charge in [-0.15, -0.1) is 10.2 Å². The predicted octanol–water partition coefficient (Wildman–Crippen LogP) is 3.47. The molecule has 4 aromatic rings. The van der Waals surface area contributed by atoms with Gasteiger partial charge in [0.15, 0.2) is 5.69 Å². The molecule has 0 spiro atoms. The van der Waals surface area contributed by atoms with Gasteiger partial charge in [0.1, 0.15) is 30.0 Å². The van der Waals surface area contributed by atoms with Crippen LogP contribution in [0.15, 0.2) is 55.1 Å². The first kappa shape index (κ1) is 18.2. The van der Waals surface area contributed by atoms with Crippen molar-refractivity contribution in [3.05, 3.63) is 83.7 Å². The fourth-order valence-electron chi connectivity index (χ4n) is 3.63. The molecule has 0 saturated carbocycles. The van der Waals surface area contributed by atoms with Crippen LogP contribution in [0.25, 0.3) is 11.4 Å². The van der Waals surface area contributed by atoms with E-state index in [1.165, 1.54) is 6.07 Å². The molecule has 0 aliphatic carbocycles. The summed E-state index contributed by atoms with van der Waals surface area (Å²) < 4.78 is 31.3. The van der Waals surface area contributed by atoms with Crippen LogP contribution in [0.5, 0.6) is 0 Å². The van der Waals surface area contributed by atoms with Gasteiger partial charge in [-0.05, 0) is 55.2 Å². The van der Waals surface area contributed by atoms with Crippen molar-refractivity contribution in [3.63, 3.8) is 0 Å². The molecule has 1 aliphatic rings. The van der Waals surface area contributed by atoms with E-state index in [1.54, 1.807) is 28.0 Å². The van der Waals surface area contributed by atoms with E-state index in [-0.39, 0.29) is 5.69 Å². The average molecular weight is 406 g/mol. The Balaban J connectivity index is 1.53. The molecule has 7 nitrogen and oxygen atoms in total. The second kappa shape index (κ2) is 7.18. The van der Waals surface area contributed by atoms with Gasteiger partial charge in [-0.2, -0.15) is 5.10 Å². The molecule has 0 bridgehead atoms. The van der Waals surface area contributed by atoms with Crippen LogP contribution in [0.3, 0.4) is 0 Å². The molecule has 2 aromatic carbocycles. The summed E-state index contributed by atoms with van der Waals surface area (Å²) in [6.07, 6.45) is 5.70. The van der Waals surface area contributed by atoms with Crippen molar-refractivity contribution < 1.29 is 13.6 Å². The van der Waals surface area contributed by atoms with Crippen molar-refractivity contribution in [2.45, 2.75) is 19.3 Å². The smallest absolute Gasteiger partial charge is 0.276 e. The molecule has 9 heteroatoms. The van der Waals surface area contributed by atoms with Crippen LogP contribution in [0.1, 0.15) is 28.2 Å². The lowest BCUT2D eigenvalue weighted by Gasteiger charge is -2.11. The number of benzene rings is 2.